The molecule has 0 spiro atoms. The molecule has 0 amide bonds. The van der Waals surface area contributed by atoms with Crippen LogP contribution in [0.3, 0.4) is 0 Å². The molecule has 1 radical (unpaired) electrons. The lowest BCUT2D eigenvalue weighted by Gasteiger charge is -2.22. The van der Waals surface area contributed by atoms with Gasteiger partial charge in [-0.3, -0.25) is 0 Å². The molecule has 0 aromatic carbocycles. The molecule has 0 bridgehead atoms. The molecule has 0 aliphatic rings. The molecule has 2 unspecified atom stereocenters. The van der Waals surface area contributed by atoms with Crippen LogP contribution in [-0.2, 0) is 0 Å². The van der Waals surface area contributed by atoms with Crippen molar-refractivity contribution in [1.82, 2.24) is 0 Å². The summed E-state index contributed by atoms with van der Waals surface area (Å²) in [5.74, 6) is 1.77. The van der Waals surface area contributed by atoms with Crippen LogP contribution in [0.15, 0.2) is 0 Å². The Balaban J connectivity index is 3.77. The van der Waals surface area contributed by atoms with Crippen molar-refractivity contribution in [3.63, 3.8) is 0 Å². The molecule has 0 fully saturated rings. The molecule has 0 aliphatic heterocycles. The molecule has 115 valence electrons. The Hall–Kier alpha value is 0. The molecule has 0 saturated carbocycles. The van der Waals surface area contributed by atoms with Gasteiger partial charge in [0.05, 0.1) is 0 Å². The highest BCUT2D eigenvalue weighted by atomic mass is 14.2. The summed E-state index contributed by atoms with van der Waals surface area (Å²) in [6.07, 6.45) is 19.6. The largest absolute Gasteiger partial charge is 0.0654 e. The third kappa shape index (κ3) is 11.5. The van der Waals surface area contributed by atoms with Gasteiger partial charge in [0, 0.05) is 0 Å². The highest BCUT2D eigenvalue weighted by molar-refractivity contribution is 4.82. The molecule has 19 heavy (non-hydrogen) atoms. The Morgan fingerprint density at radius 2 is 1.16 bits per heavy atom. The maximum atomic E-state index is 2.71. The third-order valence-corrected chi connectivity index (χ3v) is 4.32. The van der Waals surface area contributed by atoms with Crippen molar-refractivity contribution in [3.8, 4) is 0 Å². The molecule has 0 heteroatoms. The second-order valence-electron chi connectivity index (χ2n) is 6.25. The average molecular weight is 268 g/mol. The van der Waals surface area contributed by atoms with Crippen molar-refractivity contribution in [2.75, 3.05) is 0 Å². The zero-order valence-electron chi connectivity index (χ0n) is 14.2. The molecule has 0 aliphatic carbocycles. The van der Waals surface area contributed by atoms with Crippen LogP contribution >= 0.6 is 0 Å². The Kier molecular flexibility index (Phi) is 14.4. The van der Waals surface area contributed by atoms with E-state index >= 15 is 0 Å². The van der Waals surface area contributed by atoms with Gasteiger partial charge < -0.3 is 0 Å². The lowest BCUT2D eigenvalue weighted by Crippen LogP contribution is -2.10. The Morgan fingerprint density at radius 1 is 0.579 bits per heavy atom. The second-order valence-corrected chi connectivity index (χ2v) is 6.25. The number of hydrogen-bond donors (Lipinski definition) is 0. The fraction of sp³-hybridized carbons (Fsp3) is 0.947. The molecule has 0 rings (SSSR count). The van der Waals surface area contributed by atoms with Gasteiger partial charge in [0.2, 0.25) is 0 Å². The summed E-state index contributed by atoms with van der Waals surface area (Å²) >= 11 is 0. The summed E-state index contributed by atoms with van der Waals surface area (Å²) in [6, 6.07) is 0. The van der Waals surface area contributed by atoms with Crippen LogP contribution in [-0.4, -0.2) is 0 Å². The van der Waals surface area contributed by atoms with Gasteiger partial charge in [-0.2, -0.15) is 0 Å². The van der Waals surface area contributed by atoms with Crippen LogP contribution in [0.25, 0.3) is 0 Å². The average Bonchev–Trinajstić information content (AvgIpc) is 2.42. The zero-order valence-corrected chi connectivity index (χ0v) is 14.2. The van der Waals surface area contributed by atoms with Gasteiger partial charge in [0.15, 0.2) is 0 Å². The first-order chi connectivity index (χ1) is 9.28. The lowest BCUT2D eigenvalue weighted by molar-refractivity contribution is 0.395. The summed E-state index contributed by atoms with van der Waals surface area (Å²) in [5, 5.41) is 0. The fourth-order valence-corrected chi connectivity index (χ4v) is 3.09. The van der Waals surface area contributed by atoms with Crippen LogP contribution in [0.1, 0.15) is 105 Å². The summed E-state index contributed by atoms with van der Waals surface area (Å²) in [5.41, 5.74) is 0. The fourth-order valence-electron chi connectivity index (χ4n) is 3.09. The predicted octanol–water partition coefficient (Wildman–Crippen LogP) is 7.18. The summed E-state index contributed by atoms with van der Waals surface area (Å²) < 4.78 is 0. The van der Waals surface area contributed by atoms with Crippen LogP contribution in [0.4, 0.5) is 0 Å². The number of hydrogen-bond acceptors (Lipinski definition) is 0. The van der Waals surface area contributed by atoms with E-state index in [1.54, 1.807) is 0 Å². The van der Waals surface area contributed by atoms with E-state index in [4.69, 9.17) is 0 Å². The van der Waals surface area contributed by atoms with Gasteiger partial charge in [0.1, 0.15) is 0 Å². The van der Waals surface area contributed by atoms with E-state index in [1.165, 1.54) is 77.0 Å². The SMILES string of the molecule is CCCCCCCCC([CH]C(CC)CCC)CCC. The van der Waals surface area contributed by atoms with Crippen LogP contribution in [0, 0.1) is 18.3 Å². The van der Waals surface area contributed by atoms with Gasteiger partial charge in [-0.15, -0.1) is 0 Å². The molecule has 2 atom stereocenters. The first-order valence-corrected chi connectivity index (χ1v) is 9.13. The van der Waals surface area contributed by atoms with Gasteiger partial charge in [0.25, 0.3) is 0 Å². The van der Waals surface area contributed by atoms with Crippen LogP contribution < -0.4 is 0 Å². The van der Waals surface area contributed by atoms with E-state index in [2.05, 4.69) is 34.1 Å². The predicted molar refractivity (Wildman–Crippen MR) is 89.4 cm³/mol. The molecule has 0 nitrogen and oxygen atoms in total. The van der Waals surface area contributed by atoms with Gasteiger partial charge in [-0.05, 0) is 18.3 Å². The van der Waals surface area contributed by atoms with Crippen molar-refractivity contribution in [3.05, 3.63) is 6.42 Å². The summed E-state index contributed by atoms with van der Waals surface area (Å²) in [6.45, 7) is 9.30. The smallest absolute Gasteiger partial charge is 0.0324 e. The molecule has 0 saturated heterocycles. The highest BCUT2D eigenvalue weighted by Crippen LogP contribution is 2.26. The minimum Gasteiger partial charge on any atom is -0.0654 e. The molecule has 0 aromatic rings. The van der Waals surface area contributed by atoms with E-state index in [1.807, 2.05) is 0 Å². The van der Waals surface area contributed by atoms with Crippen molar-refractivity contribution >= 4 is 0 Å². The van der Waals surface area contributed by atoms with Crippen molar-refractivity contribution in [2.45, 2.75) is 105 Å². The van der Waals surface area contributed by atoms with Crippen molar-refractivity contribution in [2.24, 2.45) is 11.8 Å². The number of rotatable bonds is 14. The monoisotopic (exact) mass is 267 g/mol. The minimum atomic E-state index is 0.877. The minimum absolute atomic E-state index is 0.877. The maximum absolute atomic E-state index is 2.71. The summed E-state index contributed by atoms with van der Waals surface area (Å²) in [4.78, 5) is 0. The highest BCUT2D eigenvalue weighted by Gasteiger charge is 2.14. The standard InChI is InChI=1S/C19H39/c1-5-9-10-11-12-13-16-19(15-7-3)17-18(8-4)14-6-2/h17-19H,5-16H2,1-4H3. The normalized spacial score (nSPS) is 14.5. The molecular weight excluding hydrogens is 228 g/mol. The first kappa shape index (κ1) is 19.0. The first-order valence-electron chi connectivity index (χ1n) is 9.13. The second kappa shape index (κ2) is 14.4. The van der Waals surface area contributed by atoms with E-state index in [0.29, 0.717) is 0 Å². The van der Waals surface area contributed by atoms with E-state index in [0.717, 1.165) is 11.8 Å². The van der Waals surface area contributed by atoms with Gasteiger partial charge in [-0.25, -0.2) is 0 Å². The van der Waals surface area contributed by atoms with Gasteiger partial charge >= 0.3 is 0 Å². The Labute approximate surface area is 123 Å². The topological polar surface area (TPSA) is 0 Å². The Morgan fingerprint density at radius 3 is 1.74 bits per heavy atom. The third-order valence-electron chi connectivity index (χ3n) is 4.32. The molecule has 0 aromatic heterocycles. The molecule has 0 heterocycles. The Bertz CT molecular complexity index is 161. The van der Waals surface area contributed by atoms with Crippen LogP contribution in [0.2, 0.25) is 0 Å². The summed E-state index contributed by atoms with van der Waals surface area (Å²) in [7, 11) is 0. The van der Waals surface area contributed by atoms with E-state index < -0.39 is 0 Å². The lowest BCUT2D eigenvalue weighted by atomic mass is 9.84. The maximum Gasteiger partial charge on any atom is -0.0324 e. The van der Waals surface area contributed by atoms with E-state index in [9.17, 15) is 0 Å². The quantitative estimate of drug-likeness (QED) is 0.292. The van der Waals surface area contributed by atoms with Gasteiger partial charge in [-0.1, -0.05) is 105 Å². The van der Waals surface area contributed by atoms with E-state index in [-0.39, 0.29) is 0 Å². The zero-order chi connectivity index (χ0) is 14.3. The molecule has 0 N–H and O–H groups in total. The molecular formula is C19H39. The van der Waals surface area contributed by atoms with Crippen molar-refractivity contribution < 1.29 is 0 Å². The number of unbranched alkanes of at least 4 members (excludes halogenated alkanes) is 5. The van der Waals surface area contributed by atoms with Crippen molar-refractivity contribution in [1.29, 1.82) is 0 Å². The van der Waals surface area contributed by atoms with Crippen LogP contribution in [0.5, 0.6) is 0 Å².